The molecule has 1 amide bonds. The standard InChI is InChI=1S/C24H28N6O.HI/c1-25-24(26-16-19-8-10-22(11-9-19)30-14-3-7-23(30)31)27-17-20-5-2-6-21(15-20)18-29-13-4-12-28-29;/h2,4-6,8-13,15H,3,7,14,16-18H2,1H3,(H2,25,26,27);1H. The molecule has 8 heteroatoms. The zero-order valence-electron chi connectivity index (χ0n) is 18.2. The van der Waals surface area contributed by atoms with E-state index in [0.29, 0.717) is 19.5 Å². The average molecular weight is 544 g/mol. The third-order valence-corrected chi connectivity index (χ3v) is 5.36. The van der Waals surface area contributed by atoms with E-state index in [1.807, 2.05) is 34.0 Å². The van der Waals surface area contributed by atoms with Crippen molar-refractivity contribution in [2.75, 3.05) is 18.5 Å². The van der Waals surface area contributed by atoms with Gasteiger partial charge in [0.2, 0.25) is 5.91 Å². The molecule has 7 nitrogen and oxygen atoms in total. The largest absolute Gasteiger partial charge is 0.352 e. The molecule has 0 aliphatic carbocycles. The maximum absolute atomic E-state index is 11.9. The number of nitrogens with zero attached hydrogens (tertiary/aromatic N) is 4. The van der Waals surface area contributed by atoms with E-state index in [2.05, 4.69) is 57.1 Å². The highest BCUT2D eigenvalue weighted by Crippen LogP contribution is 2.21. The molecule has 4 rings (SSSR count). The summed E-state index contributed by atoms with van der Waals surface area (Å²) in [4.78, 5) is 18.1. The van der Waals surface area contributed by atoms with Crippen LogP contribution in [-0.2, 0) is 24.4 Å². The van der Waals surface area contributed by atoms with E-state index in [1.54, 1.807) is 13.2 Å². The second-order valence-electron chi connectivity index (χ2n) is 7.62. The minimum Gasteiger partial charge on any atom is -0.352 e. The van der Waals surface area contributed by atoms with Crippen molar-refractivity contribution in [2.45, 2.75) is 32.5 Å². The summed E-state index contributed by atoms with van der Waals surface area (Å²) in [6.07, 6.45) is 5.35. The van der Waals surface area contributed by atoms with Gasteiger partial charge in [-0.15, -0.1) is 24.0 Å². The molecule has 3 aromatic rings. The van der Waals surface area contributed by atoms with Crippen molar-refractivity contribution in [2.24, 2.45) is 4.99 Å². The summed E-state index contributed by atoms with van der Waals surface area (Å²) in [5, 5.41) is 11.0. The molecule has 0 unspecified atom stereocenters. The summed E-state index contributed by atoms with van der Waals surface area (Å²) in [5.74, 6) is 0.959. The van der Waals surface area contributed by atoms with Gasteiger partial charge in [-0.1, -0.05) is 36.4 Å². The van der Waals surface area contributed by atoms with Crippen LogP contribution < -0.4 is 15.5 Å². The maximum atomic E-state index is 11.9. The Hall–Kier alpha value is -2.88. The molecule has 1 aliphatic heterocycles. The highest BCUT2D eigenvalue weighted by molar-refractivity contribution is 14.0. The molecule has 32 heavy (non-hydrogen) atoms. The molecule has 1 aromatic heterocycles. The highest BCUT2D eigenvalue weighted by Gasteiger charge is 2.21. The van der Waals surface area contributed by atoms with Crippen LogP contribution in [0.4, 0.5) is 5.69 Å². The summed E-state index contributed by atoms with van der Waals surface area (Å²) >= 11 is 0. The number of hydrogen-bond acceptors (Lipinski definition) is 3. The summed E-state index contributed by atoms with van der Waals surface area (Å²) in [6.45, 7) is 2.92. The fraction of sp³-hybridized carbons (Fsp3) is 0.292. The molecular formula is C24H29IN6O. The second kappa shape index (κ2) is 11.7. The van der Waals surface area contributed by atoms with E-state index in [1.165, 1.54) is 11.1 Å². The second-order valence-corrected chi connectivity index (χ2v) is 7.62. The van der Waals surface area contributed by atoms with E-state index in [9.17, 15) is 4.79 Å². The summed E-state index contributed by atoms with van der Waals surface area (Å²) in [7, 11) is 1.77. The van der Waals surface area contributed by atoms with Gasteiger partial charge in [0.15, 0.2) is 5.96 Å². The van der Waals surface area contributed by atoms with Gasteiger partial charge in [-0.25, -0.2) is 0 Å². The van der Waals surface area contributed by atoms with Crippen LogP contribution >= 0.6 is 24.0 Å². The normalized spacial score (nSPS) is 13.7. The summed E-state index contributed by atoms with van der Waals surface area (Å²) < 4.78 is 1.91. The number of rotatable bonds is 7. The predicted octanol–water partition coefficient (Wildman–Crippen LogP) is 3.54. The third kappa shape index (κ3) is 6.32. The Labute approximate surface area is 205 Å². The van der Waals surface area contributed by atoms with Crippen LogP contribution in [0.15, 0.2) is 72.0 Å². The first-order valence-corrected chi connectivity index (χ1v) is 10.6. The third-order valence-electron chi connectivity index (χ3n) is 5.36. The number of amides is 1. The van der Waals surface area contributed by atoms with Crippen LogP contribution in [0.3, 0.4) is 0 Å². The van der Waals surface area contributed by atoms with Crippen molar-refractivity contribution in [3.8, 4) is 0 Å². The molecule has 1 aliphatic rings. The van der Waals surface area contributed by atoms with Crippen LogP contribution in [0.1, 0.15) is 29.5 Å². The number of carbonyl (C=O) groups excluding carboxylic acids is 1. The predicted molar refractivity (Wildman–Crippen MR) is 138 cm³/mol. The molecule has 2 N–H and O–H groups in total. The molecule has 1 fully saturated rings. The van der Waals surface area contributed by atoms with E-state index in [4.69, 9.17) is 0 Å². The van der Waals surface area contributed by atoms with Crippen molar-refractivity contribution in [1.82, 2.24) is 20.4 Å². The topological polar surface area (TPSA) is 74.6 Å². The number of aliphatic imine (C=N–C) groups is 1. The maximum Gasteiger partial charge on any atom is 0.227 e. The lowest BCUT2D eigenvalue weighted by Crippen LogP contribution is -2.36. The number of anilines is 1. The monoisotopic (exact) mass is 544 g/mol. The number of hydrogen-bond donors (Lipinski definition) is 2. The number of guanidine groups is 1. The number of halogens is 1. The Balaban J connectivity index is 0.00000289. The van der Waals surface area contributed by atoms with E-state index in [-0.39, 0.29) is 29.9 Å². The van der Waals surface area contributed by atoms with Crippen LogP contribution in [0.25, 0.3) is 0 Å². The Morgan fingerprint density at radius 2 is 1.78 bits per heavy atom. The first-order valence-electron chi connectivity index (χ1n) is 10.6. The van der Waals surface area contributed by atoms with Crippen molar-refractivity contribution in [3.05, 3.63) is 83.7 Å². The Kier molecular flexibility index (Phi) is 8.66. The molecular weight excluding hydrogens is 515 g/mol. The van der Waals surface area contributed by atoms with Gasteiger partial charge in [0.05, 0.1) is 6.54 Å². The average Bonchev–Trinajstić information content (AvgIpc) is 3.46. The minimum atomic E-state index is 0. The fourth-order valence-corrected chi connectivity index (χ4v) is 3.73. The first-order chi connectivity index (χ1) is 15.2. The highest BCUT2D eigenvalue weighted by atomic mass is 127. The Morgan fingerprint density at radius 1 is 1.03 bits per heavy atom. The van der Waals surface area contributed by atoms with Gasteiger partial charge in [0.25, 0.3) is 0 Å². The molecule has 2 heterocycles. The van der Waals surface area contributed by atoms with Gasteiger partial charge in [-0.05, 0) is 41.3 Å². The first kappa shape index (κ1) is 23.8. The molecule has 1 saturated heterocycles. The minimum absolute atomic E-state index is 0. The van der Waals surface area contributed by atoms with E-state index < -0.39 is 0 Å². The van der Waals surface area contributed by atoms with Gasteiger partial charge in [-0.3, -0.25) is 14.5 Å². The van der Waals surface area contributed by atoms with Gasteiger partial charge >= 0.3 is 0 Å². The number of carbonyl (C=O) groups is 1. The molecule has 0 spiro atoms. The van der Waals surface area contributed by atoms with Gasteiger partial charge < -0.3 is 15.5 Å². The fourth-order valence-electron chi connectivity index (χ4n) is 3.73. The lowest BCUT2D eigenvalue weighted by atomic mass is 10.1. The molecule has 0 bridgehead atoms. The van der Waals surface area contributed by atoms with Crippen LogP contribution in [0.2, 0.25) is 0 Å². The molecule has 168 valence electrons. The van der Waals surface area contributed by atoms with Gasteiger partial charge in [0, 0.05) is 51.2 Å². The van der Waals surface area contributed by atoms with Gasteiger partial charge in [0.1, 0.15) is 0 Å². The number of benzene rings is 2. The van der Waals surface area contributed by atoms with Crippen LogP contribution in [0, 0.1) is 0 Å². The number of nitrogens with one attached hydrogen (secondary N) is 2. The zero-order chi connectivity index (χ0) is 21.5. The zero-order valence-corrected chi connectivity index (χ0v) is 20.5. The molecule has 0 radical (unpaired) electrons. The summed E-state index contributed by atoms with van der Waals surface area (Å²) in [5.41, 5.74) is 4.51. The molecule has 2 aromatic carbocycles. The quantitative estimate of drug-likeness (QED) is 0.271. The number of aromatic nitrogens is 2. The van der Waals surface area contributed by atoms with Crippen LogP contribution in [-0.4, -0.2) is 35.2 Å². The SMILES string of the molecule is CN=C(NCc1ccc(N2CCCC2=O)cc1)NCc1cccc(Cn2cccn2)c1.I. The molecule has 0 atom stereocenters. The van der Waals surface area contributed by atoms with Crippen LogP contribution in [0.5, 0.6) is 0 Å². The summed E-state index contributed by atoms with van der Waals surface area (Å²) in [6, 6.07) is 18.5. The lowest BCUT2D eigenvalue weighted by Gasteiger charge is -2.16. The van der Waals surface area contributed by atoms with E-state index in [0.717, 1.165) is 36.7 Å². The smallest absolute Gasteiger partial charge is 0.227 e. The van der Waals surface area contributed by atoms with Crippen molar-refractivity contribution < 1.29 is 4.79 Å². The Bertz CT molecular complexity index is 1030. The lowest BCUT2D eigenvalue weighted by molar-refractivity contribution is -0.117. The van der Waals surface area contributed by atoms with E-state index >= 15 is 0 Å². The Morgan fingerprint density at radius 3 is 2.44 bits per heavy atom. The van der Waals surface area contributed by atoms with Gasteiger partial charge in [-0.2, -0.15) is 5.10 Å². The molecule has 0 saturated carbocycles. The van der Waals surface area contributed by atoms with Crippen molar-refractivity contribution in [3.63, 3.8) is 0 Å². The van der Waals surface area contributed by atoms with Crippen molar-refractivity contribution >= 4 is 41.5 Å². The van der Waals surface area contributed by atoms with Crippen molar-refractivity contribution in [1.29, 1.82) is 0 Å².